The van der Waals surface area contributed by atoms with Gasteiger partial charge in [0.2, 0.25) is 0 Å². The minimum absolute atomic E-state index is 0.233. The lowest BCUT2D eigenvalue weighted by atomic mass is 11.0. The molecule has 0 bridgehead atoms. The number of hydrogen-bond donors (Lipinski definition) is 1. The molecule has 6 heteroatoms. The lowest BCUT2D eigenvalue weighted by Gasteiger charge is -1.98. The van der Waals surface area contributed by atoms with Gasteiger partial charge in [0.25, 0.3) is 5.24 Å². The molecule has 0 aliphatic carbocycles. The van der Waals surface area contributed by atoms with Gasteiger partial charge in [-0.05, 0) is 5.75 Å². The number of hydrogen-bond acceptors (Lipinski definition) is 5. The SMILES string of the molecule is CCSC(=O)NSC(=O)OC. The van der Waals surface area contributed by atoms with E-state index in [4.69, 9.17) is 0 Å². The average Bonchev–Trinajstić information content (AvgIpc) is 2.01. The molecule has 0 aromatic heterocycles. The minimum Gasteiger partial charge on any atom is -0.460 e. The number of nitrogens with one attached hydrogen (secondary N) is 1. The number of thioether (sulfide) groups is 1. The van der Waals surface area contributed by atoms with E-state index >= 15 is 0 Å². The number of rotatable bonds is 1. The van der Waals surface area contributed by atoms with Crippen molar-refractivity contribution in [2.75, 3.05) is 12.9 Å². The summed E-state index contributed by atoms with van der Waals surface area (Å²) in [6.45, 7) is 1.85. The second-order valence-electron chi connectivity index (χ2n) is 1.38. The van der Waals surface area contributed by atoms with Gasteiger partial charge >= 0.3 is 5.30 Å². The molecule has 0 rings (SSSR count). The predicted octanol–water partition coefficient (Wildman–Crippen LogP) is 1.86. The van der Waals surface area contributed by atoms with Crippen LogP contribution in [0.1, 0.15) is 6.92 Å². The van der Waals surface area contributed by atoms with Gasteiger partial charge in [-0.1, -0.05) is 18.7 Å². The van der Waals surface area contributed by atoms with Crippen molar-refractivity contribution in [3.05, 3.63) is 0 Å². The van der Waals surface area contributed by atoms with Crippen LogP contribution >= 0.6 is 23.7 Å². The first-order chi connectivity index (χ1) is 5.20. The van der Waals surface area contributed by atoms with Crippen molar-refractivity contribution in [1.29, 1.82) is 0 Å². The van der Waals surface area contributed by atoms with E-state index in [0.29, 0.717) is 17.7 Å². The molecule has 0 aromatic carbocycles. The van der Waals surface area contributed by atoms with Crippen molar-refractivity contribution in [1.82, 2.24) is 4.72 Å². The van der Waals surface area contributed by atoms with E-state index in [-0.39, 0.29) is 5.24 Å². The molecule has 1 amide bonds. The zero-order valence-electron chi connectivity index (χ0n) is 6.25. The van der Waals surface area contributed by atoms with E-state index in [1.54, 1.807) is 0 Å². The highest BCUT2D eigenvalue weighted by molar-refractivity contribution is 8.17. The maximum Gasteiger partial charge on any atom is 0.387 e. The van der Waals surface area contributed by atoms with Crippen LogP contribution < -0.4 is 4.72 Å². The van der Waals surface area contributed by atoms with Crippen molar-refractivity contribution in [2.45, 2.75) is 6.92 Å². The Morgan fingerprint density at radius 3 is 2.64 bits per heavy atom. The van der Waals surface area contributed by atoms with E-state index in [1.165, 1.54) is 7.11 Å². The molecule has 0 spiro atoms. The molecular formula is C5H9NO3S2. The Morgan fingerprint density at radius 1 is 1.55 bits per heavy atom. The quantitative estimate of drug-likeness (QED) is 0.511. The van der Waals surface area contributed by atoms with Gasteiger partial charge in [-0.2, -0.15) is 0 Å². The van der Waals surface area contributed by atoms with E-state index in [9.17, 15) is 9.59 Å². The van der Waals surface area contributed by atoms with E-state index in [1.807, 2.05) is 6.92 Å². The van der Waals surface area contributed by atoms with Crippen LogP contribution in [0.4, 0.5) is 9.59 Å². The standard InChI is InChI=1S/C5H9NO3S2/c1-3-10-4(7)6-11-5(8)9-2/h3H2,1-2H3,(H,6,7). The molecule has 11 heavy (non-hydrogen) atoms. The van der Waals surface area contributed by atoms with Gasteiger partial charge < -0.3 is 4.74 Å². The van der Waals surface area contributed by atoms with Crippen LogP contribution in [0, 0.1) is 0 Å². The summed E-state index contributed by atoms with van der Waals surface area (Å²) in [7, 11) is 1.26. The van der Waals surface area contributed by atoms with Crippen LogP contribution in [0.2, 0.25) is 0 Å². The second-order valence-corrected chi connectivity index (χ2v) is 3.36. The van der Waals surface area contributed by atoms with Gasteiger partial charge in [0.1, 0.15) is 0 Å². The third-order valence-corrected chi connectivity index (χ3v) is 2.06. The normalized spacial score (nSPS) is 8.91. The smallest absolute Gasteiger partial charge is 0.387 e. The molecule has 1 N–H and O–H groups in total. The first-order valence-electron chi connectivity index (χ1n) is 2.88. The molecule has 0 aromatic rings. The van der Waals surface area contributed by atoms with Gasteiger partial charge in [-0.3, -0.25) is 9.52 Å². The van der Waals surface area contributed by atoms with Crippen molar-refractivity contribution >= 4 is 34.3 Å². The van der Waals surface area contributed by atoms with Gasteiger partial charge in [0.15, 0.2) is 0 Å². The first kappa shape index (κ1) is 10.6. The Morgan fingerprint density at radius 2 is 2.18 bits per heavy atom. The molecule has 4 nitrogen and oxygen atoms in total. The summed E-state index contributed by atoms with van der Waals surface area (Å²) in [5.74, 6) is 0.688. The largest absolute Gasteiger partial charge is 0.460 e. The van der Waals surface area contributed by atoms with Crippen LogP contribution in [0.3, 0.4) is 0 Å². The van der Waals surface area contributed by atoms with Crippen LogP contribution in [0.15, 0.2) is 0 Å². The van der Waals surface area contributed by atoms with Gasteiger partial charge in [0, 0.05) is 0 Å². The Labute approximate surface area is 73.6 Å². The van der Waals surface area contributed by atoms with Gasteiger partial charge in [-0.15, -0.1) is 0 Å². The summed E-state index contributed by atoms with van der Waals surface area (Å²) in [5, 5.41) is -0.752. The van der Waals surface area contributed by atoms with Crippen LogP contribution in [-0.4, -0.2) is 23.4 Å². The molecule has 0 fully saturated rings. The van der Waals surface area contributed by atoms with E-state index < -0.39 is 5.30 Å². The first-order valence-corrected chi connectivity index (χ1v) is 4.68. The Bertz CT molecular complexity index is 151. The lowest BCUT2D eigenvalue weighted by molar-refractivity contribution is 0.200. The second kappa shape index (κ2) is 6.36. The number of carbonyl (C=O) groups is 2. The fourth-order valence-electron chi connectivity index (χ4n) is 0.286. The van der Waals surface area contributed by atoms with E-state index in [0.717, 1.165) is 11.8 Å². The molecule has 0 radical (unpaired) electrons. The molecule has 64 valence electrons. The summed E-state index contributed by atoms with van der Waals surface area (Å²) in [6, 6.07) is 0. The Kier molecular flexibility index (Phi) is 6.15. The third-order valence-electron chi connectivity index (χ3n) is 0.660. The molecular weight excluding hydrogens is 186 g/mol. The highest BCUT2D eigenvalue weighted by Gasteiger charge is 2.04. The predicted molar refractivity (Wildman–Crippen MR) is 46.7 cm³/mol. The monoisotopic (exact) mass is 195 g/mol. The topological polar surface area (TPSA) is 55.4 Å². The maximum atomic E-state index is 10.7. The number of carbonyl (C=O) groups excluding carboxylic acids is 2. The Balaban J connectivity index is 3.38. The average molecular weight is 195 g/mol. The molecule has 0 saturated heterocycles. The lowest BCUT2D eigenvalue weighted by Crippen LogP contribution is -2.12. The molecule has 0 aliphatic rings. The summed E-state index contributed by atoms with van der Waals surface area (Å²) in [5.41, 5.74) is 0. The fraction of sp³-hybridized carbons (Fsp3) is 0.600. The molecule has 0 saturated carbocycles. The molecule has 0 unspecified atom stereocenters. The van der Waals surface area contributed by atoms with Crippen LogP contribution in [-0.2, 0) is 4.74 Å². The highest BCUT2D eigenvalue weighted by Crippen LogP contribution is 2.05. The summed E-state index contributed by atoms with van der Waals surface area (Å²) < 4.78 is 6.58. The van der Waals surface area contributed by atoms with Crippen molar-refractivity contribution in [3.63, 3.8) is 0 Å². The number of amides is 1. The van der Waals surface area contributed by atoms with Crippen molar-refractivity contribution in [2.24, 2.45) is 0 Å². The highest BCUT2D eigenvalue weighted by atomic mass is 32.2. The molecule has 0 atom stereocenters. The number of methoxy groups -OCH3 is 1. The summed E-state index contributed by atoms with van der Waals surface area (Å²) >= 11 is 1.75. The summed E-state index contributed by atoms with van der Waals surface area (Å²) in [4.78, 5) is 21.1. The van der Waals surface area contributed by atoms with Crippen LogP contribution in [0.25, 0.3) is 0 Å². The number of ether oxygens (including phenoxy) is 1. The van der Waals surface area contributed by atoms with E-state index in [2.05, 4.69) is 9.46 Å². The Hall–Kier alpha value is -0.360. The van der Waals surface area contributed by atoms with Crippen molar-refractivity contribution in [3.8, 4) is 0 Å². The fourth-order valence-corrected chi connectivity index (χ4v) is 1.16. The maximum absolute atomic E-state index is 10.7. The van der Waals surface area contributed by atoms with Gasteiger partial charge in [-0.25, -0.2) is 4.79 Å². The van der Waals surface area contributed by atoms with Crippen LogP contribution in [0.5, 0.6) is 0 Å². The minimum atomic E-state index is -0.518. The third kappa shape index (κ3) is 6.05. The summed E-state index contributed by atoms with van der Waals surface area (Å²) in [6.07, 6.45) is 0. The zero-order chi connectivity index (χ0) is 8.69. The van der Waals surface area contributed by atoms with Crippen molar-refractivity contribution < 1.29 is 14.3 Å². The molecule has 0 heterocycles. The van der Waals surface area contributed by atoms with Gasteiger partial charge in [0.05, 0.1) is 19.1 Å². The molecule has 0 aliphatic heterocycles. The zero-order valence-corrected chi connectivity index (χ0v) is 7.88.